The van der Waals surface area contributed by atoms with Crippen molar-refractivity contribution in [3.05, 3.63) is 69.7 Å². The third-order valence-electron chi connectivity index (χ3n) is 4.41. The number of likely N-dealkylation sites (tertiary alicyclic amines) is 1. The molecular weight excluding hydrogens is 349 g/mol. The van der Waals surface area contributed by atoms with E-state index in [0.29, 0.717) is 23.0 Å². The SMILES string of the molecule is O=C(O)CN1CCC(c2ccc(Cl)cc2)(c2ccc(Cl)cc2)C1=O. The molecule has 2 aromatic rings. The summed E-state index contributed by atoms with van der Waals surface area (Å²) in [7, 11) is 0. The molecule has 0 radical (unpaired) electrons. The molecule has 2 aromatic carbocycles. The van der Waals surface area contributed by atoms with Gasteiger partial charge in [0.1, 0.15) is 12.0 Å². The molecule has 1 aliphatic rings. The smallest absolute Gasteiger partial charge is 0.323 e. The highest BCUT2D eigenvalue weighted by molar-refractivity contribution is 6.30. The average Bonchev–Trinajstić information content (AvgIpc) is 2.86. The van der Waals surface area contributed by atoms with E-state index in [4.69, 9.17) is 28.3 Å². The summed E-state index contributed by atoms with van der Waals surface area (Å²) < 4.78 is 0. The molecule has 0 aliphatic carbocycles. The molecule has 1 saturated heterocycles. The first kappa shape index (κ1) is 16.8. The summed E-state index contributed by atoms with van der Waals surface area (Å²) >= 11 is 11.9. The van der Waals surface area contributed by atoms with Crippen LogP contribution in [0.15, 0.2) is 48.5 Å². The normalized spacial score (nSPS) is 16.4. The molecule has 4 nitrogen and oxygen atoms in total. The summed E-state index contributed by atoms with van der Waals surface area (Å²) in [5.41, 5.74) is 0.684. The van der Waals surface area contributed by atoms with E-state index in [1.54, 1.807) is 24.3 Å². The Morgan fingerprint density at radius 2 is 1.46 bits per heavy atom. The van der Waals surface area contributed by atoms with Crippen molar-refractivity contribution in [1.82, 2.24) is 4.90 Å². The van der Waals surface area contributed by atoms with Crippen molar-refractivity contribution in [3.8, 4) is 0 Å². The van der Waals surface area contributed by atoms with Crippen LogP contribution in [0.25, 0.3) is 0 Å². The van der Waals surface area contributed by atoms with E-state index in [0.717, 1.165) is 11.1 Å². The van der Waals surface area contributed by atoms with Gasteiger partial charge in [0, 0.05) is 16.6 Å². The molecule has 1 amide bonds. The predicted octanol–water partition coefficient (Wildman–Crippen LogP) is 3.60. The molecule has 1 fully saturated rings. The molecule has 0 saturated carbocycles. The second-order valence-electron chi connectivity index (χ2n) is 5.79. The number of amides is 1. The van der Waals surface area contributed by atoms with Crippen LogP contribution < -0.4 is 0 Å². The largest absolute Gasteiger partial charge is 0.480 e. The van der Waals surface area contributed by atoms with Crippen molar-refractivity contribution in [2.45, 2.75) is 11.8 Å². The van der Waals surface area contributed by atoms with Crippen LogP contribution in [0.5, 0.6) is 0 Å². The molecule has 1 N–H and O–H groups in total. The molecule has 0 atom stereocenters. The van der Waals surface area contributed by atoms with Crippen molar-refractivity contribution < 1.29 is 14.7 Å². The zero-order valence-electron chi connectivity index (χ0n) is 12.7. The zero-order chi connectivity index (χ0) is 17.3. The lowest BCUT2D eigenvalue weighted by atomic mass is 9.73. The van der Waals surface area contributed by atoms with Gasteiger partial charge in [-0.25, -0.2) is 0 Å². The van der Waals surface area contributed by atoms with Crippen LogP contribution in [-0.4, -0.2) is 35.0 Å². The van der Waals surface area contributed by atoms with Crippen LogP contribution in [0.3, 0.4) is 0 Å². The molecule has 0 spiro atoms. The van der Waals surface area contributed by atoms with E-state index in [1.165, 1.54) is 4.90 Å². The maximum absolute atomic E-state index is 13.1. The first-order valence-electron chi connectivity index (χ1n) is 7.47. The second kappa shape index (κ2) is 6.46. The van der Waals surface area contributed by atoms with Gasteiger partial charge in [-0.2, -0.15) is 0 Å². The number of carbonyl (C=O) groups excluding carboxylic acids is 1. The predicted molar refractivity (Wildman–Crippen MR) is 92.5 cm³/mol. The molecule has 1 heterocycles. The topological polar surface area (TPSA) is 57.6 Å². The number of aliphatic carboxylic acids is 1. The van der Waals surface area contributed by atoms with Gasteiger partial charge in [-0.15, -0.1) is 0 Å². The van der Waals surface area contributed by atoms with Gasteiger partial charge in [-0.1, -0.05) is 47.5 Å². The first-order chi connectivity index (χ1) is 11.4. The maximum Gasteiger partial charge on any atom is 0.323 e. The highest BCUT2D eigenvalue weighted by Crippen LogP contribution is 2.42. The summed E-state index contributed by atoms with van der Waals surface area (Å²) in [5.74, 6) is -1.24. The summed E-state index contributed by atoms with van der Waals surface area (Å²) in [6, 6.07) is 14.2. The molecule has 24 heavy (non-hydrogen) atoms. The number of halogens is 2. The van der Waals surface area contributed by atoms with Crippen molar-refractivity contribution in [2.75, 3.05) is 13.1 Å². The lowest BCUT2D eigenvalue weighted by molar-refractivity contribution is -0.143. The van der Waals surface area contributed by atoms with Crippen molar-refractivity contribution in [2.24, 2.45) is 0 Å². The minimum absolute atomic E-state index is 0.213. The molecule has 6 heteroatoms. The maximum atomic E-state index is 13.1. The Bertz CT molecular complexity index is 726. The monoisotopic (exact) mass is 363 g/mol. The molecule has 0 bridgehead atoms. The average molecular weight is 364 g/mol. The number of carboxylic acid groups (broad SMARTS) is 1. The standard InChI is InChI=1S/C18H15Cl2NO3/c19-14-5-1-12(2-6-14)18(13-3-7-15(20)8-4-13)9-10-21(17(18)24)11-16(22)23/h1-8H,9-11H2,(H,22,23). The summed E-state index contributed by atoms with van der Waals surface area (Å²) in [4.78, 5) is 25.6. The van der Waals surface area contributed by atoms with Gasteiger partial charge in [0.05, 0.1) is 0 Å². The quantitative estimate of drug-likeness (QED) is 0.902. The van der Waals surface area contributed by atoms with Crippen LogP contribution >= 0.6 is 23.2 Å². The number of carbonyl (C=O) groups is 2. The Kier molecular flexibility index (Phi) is 4.52. The van der Waals surface area contributed by atoms with Gasteiger partial charge < -0.3 is 10.0 Å². The Balaban J connectivity index is 2.11. The highest BCUT2D eigenvalue weighted by Gasteiger charge is 2.49. The molecule has 0 aromatic heterocycles. The van der Waals surface area contributed by atoms with Crippen LogP contribution in [0.1, 0.15) is 17.5 Å². The van der Waals surface area contributed by atoms with Crippen molar-refractivity contribution in [1.29, 1.82) is 0 Å². The van der Waals surface area contributed by atoms with E-state index in [1.807, 2.05) is 24.3 Å². The fraction of sp³-hybridized carbons (Fsp3) is 0.222. The number of hydrogen-bond donors (Lipinski definition) is 1. The third kappa shape index (κ3) is 2.87. The number of nitrogens with zero attached hydrogens (tertiary/aromatic N) is 1. The van der Waals surface area contributed by atoms with E-state index >= 15 is 0 Å². The van der Waals surface area contributed by atoms with Gasteiger partial charge in [0.25, 0.3) is 0 Å². The molecular formula is C18H15Cl2NO3. The van der Waals surface area contributed by atoms with Gasteiger partial charge in [0.15, 0.2) is 0 Å². The minimum atomic E-state index is -1.02. The van der Waals surface area contributed by atoms with E-state index in [9.17, 15) is 9.59 Å². The van der Waals surface area contributed by atoms with Gasteiger partial charge in [0.2, 0.25) is 5.91 Å². The minimum Gasteiger partial charge on any atom is -0.480 e. The molecule has 3 rings (SSSR count). The van der Waals surface area contributed by atoms with Crippen molar-refractivity contribution in [3.63, 3.8) is 0 Å². The van der Waals surface area contributed by atoms with Crippen LogP contribution in [0, 0.1) is 0 Å². The lowest BCUT2D eigenvalue weighted by Gasteiger charge is -2.29. The van der Waals surface area contributed by atoms with E-state index in [-0.39, 0.29) is 12.5 Å². The lowest BCUT2D eigenvalue weighted by Crippen LogP contribution is -2.40. The second-order valence-corrected chi connectivity index (χ2v) is 6.66. The fourth-order valence-corrected chi connectivity index (χ4v) is 3.52. The summed E-state index contributed by atoms with van der Waals surface area (Å²) in [6.07, 6.45) is 0.502. The van der Waals surface area contributed by atoms with E-state index in [2.05, 4.69) is 0 Å². The molecule has 1 aliphatic heterocycles. The Morgan fingerprint density at radius 3 is 1.88 bits per heavy atom. The van der Waals surface area contributed by atoms with E-state index < -0.39 is 11.4 Å². The summed E-state index contributed by atoms with van der Waals surface area (Å²) in [5, 5.41) is 10.2. The number of carboxylic acids is 1. The third-order valence-corrected chi connectivity index (χ3v) is 4.91. The first-order valence-corrected chi connectivity index (χ1v) is 8.22. The van der Waals surface area contributed by atoms with Crippen molar-refractivity contribution >= 4 is 35.1 Å². The number of hydrogen-bond acceptors (Lipinski definition) is 2. The van der Waals surface area contributed by atoms with Gasteiger partial charge >= 0.3 is 5.97 Å². The molecule has 0 unspecified atom stereocenters. The Morgan fingerprint density at radius 1 is 1.00 bits per heavy atom. The van der Waals surface area contributed by atoms with Gasteiger partial charge in [-0.3, -0.25) is 9.59 Å². The number of rotatable bonds is 4. The molecule has 124 valence electrons. The van der Waals surface area contributed by atoms with Crippen LogP contribution in [0.2, 0.25) is 10.0 Å². The van der Waals surface area contributed by atoms with Crippen LogP contribution in [-0.2, 0) is 15.0 Å². The van der Waals surface area contributed by atoms with Gasteiger partial charge in [-0.05, 0) is 41.8 Å². The summed E-state index contributed by atoms with van der Waals surface area (Å²) in [6.45, 7) is 0.0815. The zero-order valence-corrected chi connectivity index (χ0v) is 14.2. The Hall–Kier alpha value is -2.04. The highest BCUT2D eigenvalue weighted by atomic mass is 35.5. The number of benzene rings is 2. The van der Waals surface area contributed by atoms with Crippen LogP contribution in [0.4, 0.5) is 0 Å². The Labute approximate surface area is 149 Å². The fourth-order valence-electron chi connectivity index (χ4n) is 3.27.